The van der Waals surface area contributed by atoms with E-state index in [4.69, 9.17) is 37.2 Å². The van der Waals surface area contributed by atoms with Crippen LogP contribution < -0.4 is 20.5 Å². The molecule has 0 aliphatic carbocycles. The maximum Gasteiger partial charge on any atom is 0.142 e. The van der Waals surface area contributed by atoms with E-state index in [1.165, 1.54) is 6.20 Å². The molecule has 0 saturated heterocycles. The monoisotopic (exact) mass is 542 g/mol. The van der Waals surface area contributed by atoms with Crippen molar-refractivity contribution < 1.29 is 14.6 Å². The number of nitriles is 1. The van der Waals surface area contributed by atoms with Crippen LogP contribution in [0.15, 0.2) is 67.0 Å². The molecule has 0 aliphatic rings. The number of pyridine rings is 1. The highest BCUT2D eigenvalue weighted by atomic mass is 35.5. The van der Waals surface area contributed by atoms with Crippen molar-refractivity contribution in [1.82, 2.24) is 10.3 Å². The maximum atomic E-state index is 9.16. The molecular weight excluding hydrogens is 512 g/mol. The lowest BCUT2D eigenvalue weighted by molar-refractivity contribution is 0.282. The topological polar surface area (TPSA) is 113 Å². The van der Waals surface area contributed by atoms with E-state index in [1.54, 1.807) is 24.4 Å². The van der Waals surface area contributed by atoms with E-state index in [2.05, 4.69) is 35.4 Å². The van der Waals surface area contributed by atoms with Crippen LogP contribution in [0.25, 0.3) is 11.1 Å². The standard InChI is InChI=1S/C31H31ClN4O3/c1-20-24(5-3-6-26(20)27-7-4-8-29(34)21(27)2)19-39-31-13-30(25(12-28(31)32)17-35-9-10-37)38-18-23-11-22(14-33)15-36-16-23/h3-8,11-13,15-16,35,37H,9-10,17-19,34H2,1-2H3. The lowest BCUT2D eigenvalue weighted by Gasteiger charge is -2.18. The second-order valence-electron chi connectivity index (χ2n) is 9.17. The summed E-state index contributed by atoms with van der Waals surface area (Å²) in [5.41, 5.74) is 14.3. The van der Waals surface area contributed by atoms with E-state index < -0.39 is 0 Å². The van der Waals surface area contributed by atoms with Gasteiger partial charge in [-0.3, -0.25) is 4.98 Å². The Morgan fingerprint density at radius 3 is 2.46 bits per heavy atom. The van der Waals surface area contributed by atoms with Crippen LogP contribution in [0.3, 0.4) is 0 Å². The zero-order valence-corrected chi connectivity index (χ0v) is 22.8. The van der Waals surface area contributed by atoms with Gasteiger partial charge in [0.15, 0.2) is 0 Å². The molecule has 0 atom stereocenters. The number of nitrogens with two attached hydrogens (primary N) is 1. The number of ether oxygens (including phenoxy) is 2. The molecule has 8 heteroatoms. The Morgan fingerprint density at radius 2 is 1.69 bits per heavy atom. The van der Waals surface area contributed by atoms with Crippen LogP contribution >= 0.6 is 11.6 Å². The fraction of sp³-hybridized carbons (Fsp3) is 0.226. The van der Waals surface area contributed by atoms with Gasteiger partial charge in [-0.25, -0.2) is 0 Å². The molecule has 39 heavy (non-hydrogen) atoms. The Morgan fingerprint density at radius 1 is 0.949 bits per heavy atom. The number of benzene rings is 3. The molecule has 0 amide bonds. The van der Waals surface area contributed by atoms with Crippen LogP contribution in [0.1, 0.15) is 33.4 Å². The van der Waals surface area contributed by atoms with Crippen LogP contribution in [-0.4, -0.2) is 23.2 Å². The normalized spacial score (nSPS) is 10.7. The summed E-state index contributed by atoms with van der Waals surface area (Å²) in [5, 5.41) is 21.9. The summed E-state index contributed by atoms with van der Waals surface area (Å²) in [4.78, 5) is 4.10. The number of aromatic nitrogens is 1. The van der Waals surface area contributed by atoms with Gasteiger partial charge < -0.3 is 25.6 Å². The summed E-state index contributed by atoms with van der Waals surface area (Å²) >= 11 is 6.62. The summed E-state index contributed by atoms with van der Waals surface area (Å²) in [5.74, 6) is 1.08. The molecule has 1 heterocycles. The Kier molecular flexibility index (Phi) is 9.40. The van der Waals surface area contributed by atoms with E-state index >= 15 is 0 Å². The van der Waals surface area contributed by atoms with Crippen LogP contribution in [0.2, 0.25) is 5.02 Å². The Labute approximate surface area is 233 Å². The molecule has 4 aromatic rings. The number of aliphatic hydroxyl groups is 1. The van der Waals surface area contributed by atoms with Crippen molar-refractivity contribution in [2.24, 2.45) is 0 Å². The molecule has 0 bridgehead atoms. The molecule has 0 unspecified atom stereocenters. The first-order chi connectivity index (χ1) is 18.9. The van der Waals surface area contributed by atoms with Crippen LogP contribution in [0, 0.1) is 25.2 Å². The number of nitrogens with zero attached hydrogens (tertiary/aromatic N) is 2. The first-order valence-corrected chi connectivity index (χ1v) is 13.0. The van der Waals surface area contributed by atoms with Crippen molar-refractivity contribution in [3.05, 3.63) is 105 Å². The third-order valence-corrected chi connectivity index (χ3v) is 6.83. The van der Waals surface area contributed by atoms with Gasteiger partial charge in [-0.2, -0.15) is 5.26 Å². The Balaban J connectivity index is 1.57. The summed E-state index contributed by atoms with van der Waals surface area (Å²) in [6, 6.07) is 19.5. The molecule has 200 valence electrons. The molecular formula is C31H31ClN4O3. The first kappa shape index (κ1) is 27.9. The largest absolute Gasteiger partial charge is 0.488 e. The van der Waals surface area contributed by atoms with Crippen molar-refractivity contribution in [3.63, 3.8) is 0 Å². The average molecular weight is 543 g/mol. The minimum absolute atomic E-state index is 0.0191. The minimum atomic E-state index is 0.0191. The predicted molar refractivity (Wildman–Crippen MR) is 154 cm³/mol. The number of aliphatic hydroxyl groups excluding tert-OH is 1. The number of nitrogens with one attached hydrogen (secondary N) is 1. The molecule has 1 aromatic heterocycles. The predicted octanol–water partition coefficient (Wildman–Crippen LogP) is 5.71. The summed E-state index contributed by atoms with van der Waals surface area (Å²) in [6.45, 7) is 5.54. The smallest absolute Gasteiger partial charge is 0.142 e. The fourth-order valence-corrected chi connectivity index (χ4v) is 4.52. The molecule has 0 spiro atoms. The van der Waals surface area contributed by atoms with Crippen LogP contribution in [0.5, 0.6) is 11.5 Å². The number of anilines is 1. The van der Waals surface area contributed by atoms with Gasteiger partial charge in [0.2, 0.25) is 0 Å². The minimum Gasteiger partial charge on any atom is -0.488 e. The highest BCUT2D eigenvalue weighted by Gasteiger charge is 2.14. The van der Waals surface area contributed by atoms with E-state index in [9.17, 15) is 0 Å². The molecule has 4 N–H and O–H groups in total. The Bertz CT molecular complexity index is 1500. The van der Waals surface area contributed by atoms with Crippen molar-refractivity contribution >= 4 is 17.3 Å². The summed E-state index contributed by atoms with van der Waals surface area (Å²) in [7, 11) is 0. The van der Waals surface area contributed by atoms with Gasteiger partial charge in [0, 0.05) is 48.4 Å². The van der Waals surface area contributed by atoms with Crippen molar-refractivity contribution in [2.45, 2.75) is 33.6 Å². The van der Waals surface area contributed by atoms with Gasteiger partial charge >= 0.3 is 0 Å². The van der Waals surface area contributed by atoms with Crippen LogP contribution in [-0.2, 0) is 19.8 Å². The third kappa shape index (κ3) is 6.87. The highest BCUT2D eigenvalue weighted by molar-refractivity contribution is 6.32. The number of rotatable bonds is 11. The van der Waals surface area contributed by atoms with Gasteiger partial charge in [-0.1, -0.05) is 41.9 Å². The SMILES string of the molecule is Cc1c(N)cccc1-c1cccc(COc2cc(OCc3cncc(C#N)c3)c(CNCCO)cc2Cl)c1C. The van der Waals surface area contributed by atoms with Crippen LogP contribution in [0.4, 0.5) is 5.69 Å². The summed E-state index contributed by atoms with van der Waals surface area (Å²) < 4.78 is 12.3. The molecule has 7 nitrogen and oxygen atoms in total. The van der Waals surface area contributed by atoms with Crippen molar-refractivity contribution in [1.29, 1.82) is 5.26 Å². The molecule has 0 radical (unpaired) electrons. The Hall–Kier alpha value is -4.09. The quantitative estimate of drug-likeness (QED) is 0.164. The average Bonchev–Trinajstić information content (AvgIpc) is 2.94. The number of halogens is 1. The lowest BCUT2D eigenvalue weighted by Crippen LogP contribution is -2.18. The maximum absolute atomic E-state index is 9.16. The van der Waals surface area contributed by atoms with E-state index in [1.807, 2.05) is 31.2 Å². The summed E-state index contributed by atoms with van der Waals surface area (Å²) in [6.07, 6.45) is 3.17. The zero-order chi connectivity index (χ0) is 27.8. The second kappa shape index (κ2) is 13.1. The van der Waals surface area contributed by atoms with Gasteiger partial charge in [0.05, 0.1) is 17.2 Å². The molecule has 0 saturated carbocycles. The molecule has 0 aliphatic heterocycles. The van der Waals surface area contributed by atoms with Gasteiger partial charge in [-0.15, -0.1) is 0 Å². The lowest BCUT2D eigenvalue weighted by atomic mass is 9.93. The van der Waals surface area contributed by atoms with Crippen molar-refractivity contribution in [3.8, 4) is 28.7 Å². The second-order valence-corrected chi connectivity index (χ2v) is 9.58. The molecule has 4 rings (SSSR count). The van der Waals surface area contributed by atoms with E-state index in [0.29, 0.717) is 41.8 Å². The van der Waals surface area contributed by atoms with Crippen molar-refractivity contribution in [2.75, 3.05) is 18.9 Å². The third-order valence-electron chi connectivity index (χ3n) is 6.53. The van der Waals surface area contributed by atoms with Gasteiger partial charge in [0.25, 0.3) is 0 Å². The highest BCUT2D eigenvalue weighted by Crippen LogP contribution is 2.35. The molecule has 3 aromatic carbocycles. The number of hydrogen-bond donors (Lipinski definition) is 3. The van der Waals surface area contributed by atoms with E-state index in [-0.39, 0.29) is 13.2 Å². The van der Waals surface area contributed by atoms with E-state index in [0.717, 1.165) is 44.6 Å². The van der Waals surface area contributed by atoms with Gasteiger partial charge in [-0.05, 0) is 59.9 Å². The van der Waals surface area contributed by atoms with Gasteiger partial charge in [0.1, 0.15) is 30.8 Å². The number of hydrogen-bond acceptors (Lipinski definition) is 7. The fourth-order valence-electron chi connectivity index (χ4n) is 4.28. The first-order valence-electron chi connectivity index (χ1n) is 12.6. The zero-order valence-electron chi connectivity index (χ0n) is 22.0. The number of nitrogen functional groups attached to an aromatic ring is 1. The molecule has 0 fully saturated rings.